The van der Waals surface area contributed by atoms with Gasteiger partial charge >= 0.3 is 0 Å². The van der Waals surface area contributed by atoms with Crippen LogP contribution in [0.3, 0.4) is 0 Å². The van der Waals surface area contributed by atoms with Gasteiger partial charge in [-0.25, -0.2) is 0 Å². The number of halogens is 1. The summed E-state index contributed by atoms with van der Waals surface area (Å²) < 4.78 is 22.7. The van der Waals surface area contributed by atoms with Crippen LogP contribution in [0.25, 0.3) is 6.08 Å². The molecule has 40 heavy (non-hydrogen) atoms. The number of carbonyl (C=O) groups excluding carboxylic acids is 3. The zero-order valence-corrected chi connectivity index (χ0v) is 23.0. The molecule has 0 spiro atoms. The summed E-state index contributed by atoms with van der Waals surface area (Å²) in [7, 11) is 0. The molecule has 5 rings (SSSR count). The Bertz CT molecular complexity index is 1480. The summed E-state index contributed by atoms with van der Waals surface area (Å²) in [5.74, 6) is 1.09. The number of nitrogens with zero attached hydrogens (tertiary/aromatic N) is 1. The van der Waals surface area contributed by atoms with Crippen molar-refractivity contribution in [3.8, 4) is 23.0 Å². The lowest BCUT2D eigenvalue weighted by Crippen LogP contribution is -2.36. The zero-order valence-electron chi connectivity index (χ0n) is 21.5. The molecule has 0 saturated carbocycles. The number of amides is 3. The minimum absolute atomic E-state index is 0.203. The van der Waals surface area contributed by atoms with E-state index >= 15 is 0 Å². The highest BCUT2D eigenvalue weighted by molar-refractivity contribution is 8.18. The topological polar surface area (TPSA) is 103 Å². The van der Waals surface area contributed by atoms with Crippen molar-refractivity contribution >= 4 is 52.2 Å². The van der Waals surface area contributed by atoms with E-state index < -0.39 is 23.6 Å². The van der Waals surface area contributed by atoms with Crippen LogP contribution in [0.15, 0.2) is 65.6 Å². The SMILES string of the molecule is CCOc1cc(/C=C2/SC(=O)N(CC(=O)Nc3ccc4c(c3)OCCO4)C2=O)ccc1OCc1ccc(Cl)cc1. The molecule has 0 bridgehead atoms. The standard InChI is InChI=1S/C29H25ClN2O7S/c1-2-36-24-13-19(5-9-23(24)39-17-18-3-6-20(30)7-4-18)14-26-28(34)32(29(35)40-26)16-27(33)31-21-8-10-22-25(15-21)38-12-11-37-22/h3-10,13-15H,2,11-12,16-17H2,1H3,(H,31,33)/b26-14+. The number of fused-ring (bicyclic) bond motifs is 1. The molecule has 1 fully saturated rings. The average Bonchev–Trinajstić information content (AvgIpc) is 3.20. The Morgan fingerprint density at radius 2 is 1.77 bits per heavy atom. The second-order valence-corrected chi connectivity index (χ2v) is 10.2. The largest absolute Gasteiger partial charge is 0.490 e. The van der Waals surface area contributed by atoms with Gasteiger partial charge in [0.15, 0.2) is 23.0 Å². The van der Waals surface area contributed by atoms with Crippen LogP contribution in [-0.4, -0.2) is 48.3 Å². The molecule has 11 heteroatoms. The van der Waals surface area contributed by atoms with Crippen molar-refractivity contribution in [1.29, 1.82) is 0 Å². The second kappa shape index (κ2) is 12.4. The molecule has 0 atom stereocenters. The molecule has 0 aliphatic carbocycles. The quantitative estimate of drug-likeness (QED) is 0.319. The van der Waals surface area contributed by atoms with E-state index in [0.29, 0.717) is 65.7 Å². The van der Waals surface area contributed by atoms with Gasteiger partial charge in [0, 0.05) is 16.8 Å². The number of hydrogen-bond acceptors (Lipinski definition) is 8. The number of carbonyl (C=O) groups is 3. The van der Waals surface area contributed by atoms with Crippen molar-refractivity contribution in [3.63, 3.8) is 0 Å². The summed E-state index contributed by atoms with van der Waals surface area (Å²) in [6.07, 6.45) is 1.59. The Labute approximate surface area is 240 Å². The molecule has 2 aliphatic rings. The Balaban J connectivity index is 1.24. The Morgan fingerprint density at radius 3 is 2.55 bits per heavy atom. The van der Waals surface area contributed by atoms with Crippen molar-refractivity contribution in [2.24, 2.45) is 0 Å². The molecule has 3 aromatic rings. The molecular formula is C29H25ClN2O7S. The number of nitrogens with one attached hydrogen (secondary N) is 1. The first-order chi connectivity index (χ1) is 19.4. The van der Waals surface area contributed by atoms with Crippen molar-refractivity contribution in [3.05, 3.63) is 81.7 Å². The lowest BCUT2D eigenvalue weighted by Gasteiger charge is -2.19. The number of hydrogen-bond donors (Lipinski definition) is 1. The molecule has 2 aliphatic heterocycles. The minimum atomic E-state index is -0.548. The van der Waals surface area contributed by atoms with E-state index in [1.807, 2.05) is 19.1 Å². The van der Waals surface area contributed by atoms with Gasteiger partial charge in [0.1, 0.15) is 26.4 Å². The Hall–Kier alpha value is -4.15. The third kappa shape index (κ3) is 6.52. The van der Waals surface area contributed by atoms with Crippen molar-refractivity contribution in [1.82, 2.24) is 4.90 Å². The van der Waals surface area contributed by atoms with Gasteiger partial charge in [0.05, 0.1) is 11.5 Å². The van der Waals surface area contributed by atoms with Gasteiger partial charge in [-0.05, 0) is 72.3 Å². The maximum absolute atomic E-state index is 13.0. The van der Waals surface area contributed by atoms with Gasteiger partial charge in [0.2, 0.25) is 5.91 Å². The highest BCUT2D eigenvalue weighted by atomic mass is 35.5. The van der Waals surface area contributed by atoms with Crippen LogP contribution in [0.1, 0.15) is 18.1 Å². The van der Waals surface area contributed by atoms with Crippen LogP contribution >= 0.6 is 23.4 Å². The highest BCUT2D eigenvalue weighted by Gasteiger charge is 2.36. The van der Waals surface area contributed by atoms with Gasteiger partial charge in [-0.3, -0.25) is 19.3 Å². The smallest absolute Gasteiger partial charge is 0.294 e. The predicted molar refractivity (Wildman–Crippen MR) is 152 cm³/mol. The summed E-state index contributed by atoms with van der Waals surface area (Å²) >= 11 is 6.72. The first kappa shape index (κ1) is 27.4. The van der Waals surface area contributed by atoms with Crippen molar-refractivity contribution < 1.29 is 33.3 Å². The molecule has 0 aromatic heterocycles. The normalized spacial score (nSPS) is 15.3. The van der Waals surface area contributed by atoms with Gasteiger partial charge in [-0.1, -0.05) is 29.8 Å². The summed E-state index contributed by atoms with van der Waals surface area (Å²) in [4.78, 5) is 39.3. The Kier molecular flexibility index (Phi) is 8.47. The maximum atomic E-state index is 13.0. The molecule has 1 N–H and O–H groups in total. The molecule has 3 amide bonds. The van der Waals surface area contributed by atoms with Gasteiger partial charge in [-0.15, -0.1) is 0 Å². The van der Waals surface area contributed by atoms with Gasteiger partial charge < -0.3 is 24.3 Å². The first-order valence-corrected chi connectivity index (χ1v) is 13.7. The van der Waals surface area contributed by atoms with Crippen LogP contribution in [-0.2, 0) is 16.2 Å². The summed E-state index contributed by atoms with van der Waals surface area (Å²) in [5.41, 5.74) is 2.06. The molecular weight excluding hydrogens is 556 g/mol. The van der Waals surface area contributed by atoms with E-state index in [4.69, 9.17) is 30.5 Å². The van der Waals surface area contributed by atoms with Crippen LogP contribution in [0, 0.1) is 0 Å². The fourth-order valence-corrected chi connectivity index (χ4v) is 4.96. The van der Waals surface area contributed by atoms with Crippen molar-refractivity contribution in [2.75, 3.05) is 31.7 Å². The molecule has 206 valence electrons. The van der Waals surface area contributed by atoms with Crippen LogP contribution in [0.5, 0.6) is 23.0 Å². The molecule has 3 aromatic carbocycles. The molecule has 0 radical (unpaired) electrons. The van der Waals surface area contributed by atoms with Gasteiger partial charge in [-0.2, -0.15) is 0 Å². The second-order valence-electron chi connectivity index (χ2n) is 8.73. The number of anilines is 1. The monoisotopic (exact) mass is 580 g/mol. The first-order valence-electron chi connectivity index (χ1n) is 12.5. The fourth-order valence-electron chi connectivity index (χ4n) is 4.00. The average molecular weight is 581 g/mol. The van der Waals surface area contributed by atoms with Crippen molar-refractivity contribution in [2.45, 2.75) is 13.5 Å². The minimum Gasteiger partial charge on any atom is -0.490 e. The van der Waals surface area contributed by atoms with E-state index in [0.717, 1.165) is 22.2 Å². The highest BCUT2D eigenvalue weighted by Crippen LogP contribution is 2.36. The van der Waals surface area contributed by atoms with E-state index in [2.05, 4.69) is 5.32 Å². The van der Waals surface area contributed by atoms with E-state index in [1.165, 1.54) is 0 Å². The third-order valence-electron chi connectivity index (χ3n) is 5.87. The number of imide groups is 1. The van der Waals surface area contributed by atoms with Gasteiger partial charge in [0.25, 0.3) is 11.1 Å². The maximum Gasteiger partial charge on any atom is 0.294 e. The van der Waals surface area contributed by atoms with E-state index in [9.17, 15) is 14.4 Å². The molecule has 0 unspecified atom stereocenters. The summed E-state index contributed by atoms with van der Waals surface area (Å²) in [5, 5.41) is 2.81. The number of benzene rings is 3. The van der Waals surface area contributed by atoms with Crippen LogP contribution in [0.2, 0.25) is 5.02 Å². The number of ether oxygens (including phenoxy) is 4. The number of rotatable bonds is 9. The predicted octanol–water partition coefficient (Wildman–Crippen LogP) is 5.76. The number of thioether (sulfide) groups is 1. The van der Waals surface area contributed by atoms with Crippen LogP contribution in [0.4, 0.5) is 10.5 Å². The zero-order chi connectivity index (χ0) is 28.1. The molecule has 2 heterocycles. The summed E-state index contributed by atoms with van der Waals surface area (Å²) in [6, 6.07) is 17.6. The fraction of sp³-hybridized carbons (Fsp3) is 0.207. The van der Waals surface area contributed by atoms with E-state index in [1.54, 1.807) is 54.6 Å². The summed E-state index contributed by atoms with van der Waals surface area (Å²) in [6.45, 7) is 3.05. The molecule has 9 nitrogen and oxygen atoms in total. The lowest BCUT2D eigenvalue weighted by atomic mass is 10.1. The lowest BCUT2D eigenvalue weighted by molar-refractivity contribution is -0.127. The van der Waals surface area contributed by atoms with Crippen LogP contribution < -0.4 is 24.3 Å². The molecule has 1 saturated heterocycles. The third-order valence-corrected chi connectivity index (χ3v) is 7.03. The van der Waals surface area contributed by atoms with E-state index in [-0.39, 0.29) is 4.91 Å². The Morgan fingerprint density at radius 1 is 1.00 bits per heavy atom.